The average molecular weight is 178 g/mol. The molecule has 1 unspecified atom stereocenters. The molecule has 0 saturated carbocycles. The van der Waals surface area contributed by atoms with Gasteiger partial charge in [0.2, 0.25) is 0 Å². The van der Waals surface area contributed by atoms with E-state index in [1.807, 2.05) is 0 Å². The van der Waals surface area contributed by atoms with Crippen molar-refractivity contribution < 1.29 is 12.6 Å². The summed E-state index contributed by atoms with van der Waals surface area (Å²) in [6, 6.07) is 0. The van der Waals surface area contributed by atoms with Gasteiger partial charge in [-0.2, -0.15) is 8.42 Å². The van der Waals surface area contributed by atoms with Crippen LogP contribution < -0.4 is 0 Å². The Morgan fingerprint density at radius 1 is 1.45 bits per heavy atom. The summed E-state index contributed by atoms with van der Waals surface area (Å²) < 4.78 is 25.7. The molecule has 0 aromatic rings. The molecule has 0 aromatic heterocycles. The minimum Gasteiger partial charge on any atom is -0.266 e. The zero-order valence-corrected chi connectivity index (χ0v) is 7.56. The van der Waals surface area contributed by atoms with Crippen molar-refractivity contribution in [1.82, 2.24) is 0 Å². The highest BCUT2D eigenvalue weighted by Gasteiger charge is 2.33. The molecule has 4 heteroatoms. The van der Waals surface area contributed by atoms with Gasteiger partial charge in [-0.05, 0) is 6.42 Å². The zero-order chi connectivity index (χ0) is 8.32. The fourth-order valence-corrected chi connectivity index (χ4v) is 2.30. The molecule has 11 heavy (non-hydrogen) atoms. The molecule has 1 heterocycles. The second-order valence-corrected chi connectivity index (χ2v) is 4.58. The smallest absolute Gasteiger partial charge is 0.266 e. The lowest BCUT2D eigenvalue weighted by Crippen LogP contribution is -2.38. The van der Waals surface area contributed by atoms with Gasteiger partial charge in [-0.3, -0.25) is 4.18 Å². The van der Waals surface area contributed by atoms with Crippen LogP contribution in [0.5, 0.6) is 0 Å². The first-order valence-corrected chi connectivity index (χ1v) is 5.63. The average Bonchev–Trinajstić information content (AvgIpc) is 1.84. The lowest BCUT2D eigenvalue weighted by Gasteiger charge is -2.25. The molecule has 1 rings (SSSR count). The van der Waals surface area contributed by atoms with E-state index in [1.165, 1.54) is 12.8 Å². The van der Waals surface area contributed by atoms with Crippen molar-refractivity contribution in [2.24, 2.45) is 0 Å². The second-order valence-electron chi connectivity index (χ2n) is 2.94. The molecule has 1 saturated heterocycles. The second kappa shape index (κ2) is 3.54. The summed E-state index contributed by atoms with van der Waals surface area (Å²) >= 11 is 0. The molecule has 66 valence electrons. The van der Waals surface area contributed by atoms with Crippen molar-refractivity contribution in [3.63, 3.8) is 0 Å². The Balaban J connectivity index is 2.05. The van der Waals surface area contributed by atoms with Gasteiger partial charge >= 0.3 is 0 Å². The minimum atomic E-state index is -3.07. The maximum absolute atomic E-state index is 10.5. The molecule has 0 bridgehead atoms. The fraction of sp³-hybridized carbons (Fsp3) is 1.00. The maximum atomic E-state index is 10.5. The van der Waals surface area contributed by atoms with Crippen LogP contribution in [0, 0.1) is 0 Å². The summed E-state index contributed by atoms with van der Waals surface area (Å²) in [6.07, 6.45) is 4.30. The van der Waals surface area contributed by atoms with Crippen molar-refractivity contribution in [2.75, 3.05) is 5.75 Å². The third-order valence-corrected chi connectivity index (χ3v) is 3.15. The number of unbranched alkanes of at least 4 members (excludes halogenated alkanes) is 2. The lowest BCUT2D eigenvalue weighted by molar-refractivity contribution is 0.167. The van der Waals surface area contributed by atoms with Crippen LogP contribution in [-0.4, -0.2) is 20.3 Å². The Morgan fingerprint density at radius 2 is 2.09 bits per heavy atom. The highest BCUT2D eigenvalue weighted by Crippen LogP contribution is 2.20. The van der Waals surface area contributed by atoms with Gasteiger partial charge in [0, 0.05) is 0 Å². The van der Waals surface area contributed by atoms with Gasteiger partial charge in [0.1, 0.15) is 5.75 Å². The van der Waals surface area contributed by atoms with Crippen LogP contribution >= 0.6 is 0 Å². The molecular formula is C7H14O3S. The van der Waals surface area contributed by atoms with E-state index < -0.39 is 10.1 Å². The van der Waals surface area contributed by atoms with E-state index in [4.69, 9.17) is 0 Å². The van der Waals surface area contributed by atoms with Crippen molar-refractivity contribution in [3.05, 3.63) is 0 Å². The largest absolute Gasteiger partial charge is 0.270 e. The van der Waals surface area contributed by atoms with E-state index in [-0.39, 0.29) is 11.9 Å². The number of rotatable bonds is 4. The summed E-state index contributed by atoms with van der Waals surface area (Å²) in [5, 5.41) is 0. The highest BCUT2D eigenvalue weighted by atomic mass is 32.2. The molecule has 0 radical (unpaired) electrons. The molecule has 1 fully saturated rings. The van der Waals surface area contributed by atoms with Crippen molar-refractivity contribution in [2.45, 2.75) is 38.7 Å². The summed E-state index contributed by atoms with van der Waals surface area (Å²) in [7, 11) is -3.07. The van der Waals surface area contributed by atoms with Crippen molar-refractivity contribution in [1.29, 1.82) is 0 Å². The summed E-state index contributed by atoms with van der Waals surface area (Å²) in [4.78, 5) is 0. The lowest BCUT2D eigenvalue weighted by atomic mass is 10.1. The van der Waals surface area contributed by atoms with Crippen molar-refractivity contribution >= 4 is 10.1 Å². The Hall–Kier alpha value is -0.0900. The Labute approximate surface area is 67.9 Å². The first-order chi connectivity index (χ1) is 5.14. The molecule has 0 spiro atoms. The molecule has 0 N–H and O–H groups in total. The predicted molar refractivity (Wildman–Crippen MR) is 42.8 cm³/mol. The van der Waals surface area contributed by atoms with Gasteiger partial charge in [0.15, 0.2) is 0 Å². The SMILES string of the molecule is CCCCCC1CS(=O)(=O)O1. The van der Waals surface area contributed by atoms with E-state index in [0.29, 0.717) is 0 Å². The Morgan fingerprint density at radius 3 is 2.55 bits per heavy atom. The van der Waals surface area contributed by atoms with Crippen molar-refractivity contribution in [3.8, 4) is 0 Å². The highest BCUT2D eigenvalue weighted by molar-refractivity contribution is 7.87. The van der Waals surface area contributed by atoms with Crippen LogP contribution in [0.15, 0.2) is 0 Å². The van der Waals surface area contributed by atoms with Crippen LogP contribution in [0.2, 0.25) is 0 Å². The quantitative estimate of drug-likeness (QED) is 0.481. The fourth-order valence-electron chi connectivity index (χ4n) is 1.18. The molecule has 0 amide bonds. The summed E-state index contributed by atoms with van der Waals surface area (Å²) in [5.74, 6) is 0.233. The normalized spacial score (nSPS) is 27.9. The molecule has 1 aliphatic heterocycles. The predicted octanol–water partition coefficient (Wildman–Crippen LogP) is 1.30. The van der Waals surface area contributed by atoms with Crippen LogP contribution in [0.25, 0.3) is 0 Å². The van der Waals surface area contributed by atoms with E-state index in [2.05, 4.69) is 11.1 Å². The Kier molecular flexibility index (Phi) is 2.90. The summed E-state index contributed by atoms with van der Waals surface area (Å²) in [5.41, 5.74) is 0. The third-order valence-electron chi connectivity index (χ3n) is 1.80. The Bertz CT molecular complexity index is 196. The van der Waals surface area contributed by atoms with Gasteiger partial charge in [0.25, 0.3) is 10.1 Å². The van der Waals surface area contributed by atoms with Crippen LogP contribution in [0.4, 0.5) is 0 Å². The van der Waals surface area contributed by atoms with Gasteiger partial charge in [-0.25, -0.2) is 0 Å². The van der Waals surface area contributed by atoms with Gasteiger partial charge < -0.3 is 0 Å². The van der Waals surface area contributed by atoms with E-state index >= 15 is 0 Å². The van der Waals surface area contributed by atoms with E-state index in [9.17, 15) is 8.42 Å². The molecule has 0 aliphatic carbocycles. The number of hydrogen-bond donors (Lipinski definition) is 0. The standard InChI is InChI=1S/C7H14O3S/c1-2-3-4-5-7-6-11(8,9)10-7/h7H,2-6H2,1H3. The van der Waals surface area contributed by atoms with Crippen LogP contribution in [-0.2, 0) is 14.3 Å². The molecular weight excluding hydrogens is 164 g/mol. The van der Waals surface area contributed by atoms with Crippen LogP contribution in [0.1, 0.15) is 32.6 Å². The maximum Gasteiger partial charge on any atom is 0.270 e. The van der Waals surface area contributed by atoms with Crippen LogP contribution in [0.3, 0.4) is 0 Å². The first-order valence-electron chi connectivity index (χ1n) is 4.05. The van der Waals surface area contributed by atoms with E-state index in [0.717, 1.165) is 12.8 Å². The van der Waals surface area contributed by atoms with Gasteiger partial charge in [-0.15, -0.1) is 0 Å². The number of hydrogen-bond acceptors (Lipinski definition) is 3. The molecule has 3 nitrogen and oxygen atoms in total. The van der Waals surface area contributed by atoms with E-state index in [1.54, 1.807) is 0 Å². The first kappa shape index (κ1) is 9.00. The van der Waals surface area contributed by atoms with Gasteiger partial charge in [-0.1, -0.05) is 26.2 Å². The monoisotopic (exact) mass is 178 g/mol. The topological polar surface area (TPSA) is 43.4 Å². The summed E-state index contributed by atoms with van der Waals surface area (Å²) in [6.45, 7) is 2.12. The third kappa shape index (κ3) is 2.79. The molecule has 1 aliphatic rings. The molecule has 1 atom stereocenters. The minimum absolute atomic E-state index is 0.00782. The van der Waals surface area contributed by atoms with Gasteiger partial charge in [0.05, 0.1) is 6.10 Å². The zero-order valence-electron chi connectivity index (χ0n) is 6.75. The molecule has 0 aromatic carbocycles.